The van der Waals surface area contributed by atoms with Gasteiger partial charge in [0.1, 0.15) is 11.6 Å². The van der Waals surface area contributed by atoms with Gasteiger partial charge in [-0.2, -0.15) is 0 Å². The second-order valence-corrected chi connectivity index (χ2v) is 3.98. The Labute approximate surface area is 104 Å². The van der Waals surface area contributed by atoms with Crippen LogP contribution in [-0.4, -0.2) is 5.78 Å². The minimum absolute atomic E-state index is 0.0289. The number of hydrogen-bond donors (Lipinski definition) is 0. The molecule has 0 atom stereocenters. The molecular weight excluding hydrogens is 234 g/mol. The molecule has 0 aromatic heterocycles. The van der Waals surface area contributed by atoms with Crippen LogP contribution in [0.25, 0.3) is 11.1 Å². The van der Waals surface area contributed by atoms with E-state index in [1.807, 2.05) is 0 Å². The summed E-state index contributed by atoms with van der Waals surface area (Å²) in [6.45, 7) is 1.78. The molecule has 0 fully saturated rings. The lowest BCUT2D eigenvalue weighted by molar-refractivity contribution is 0.0988. The van der Waals surface area contributed by atoms with Crippen molar-refractivity contribution in [2.75, 3.05) is 0 Å². The maximum atomic E-state index is 13.5. The molecule has 0 unspecified atom stereocenters. The molecule has 18 heavy (non-hydrogen) atoms. The summed E-state index contributed by atoms with van der Waals surface area (Å²) < 4.78 is 26.6. The monoisotopic (exact) mass is 246 g/mol. The second kappa shape index (κ2) is 5.08. The molecule has 0 spiro atoms. The highest BCUT2D eigenvalue weighted by Crippen LogP contribution is 2.24. The van der Waals surface area contributed by atoms with Crippen molar-refractivity contribution in [1.82, 2.24) is 0 Å². The van der Waals surface area contributed by atoms with Gasteiger partial charge in [-0.3, -0.25) is 4.79 Å². The second-order valence-electron chi connectivity index (χ2n) is 3.98. The maximum absolute atomic E-state index is 13.5. The molecule has 0 bridgehead atoms. The third-order valence-electron chi connectivity index (χ3n) is 2.77. The van der Waals surface area contributed by atoms with Crippen molar-refractivity contribution in [1.29, 1.82) is 0 Å². The smallest absolute Gasteiger partial charge is 0.162 e. The van der Waals surface area contributed by atoms with Crippen molar-refractivity contribution in [3.05, 3.63) is 59.7 Å². The molecule has 0 aliphatic carbocycles. The molecule has 2 aromatic rings. The van der Waals surface area contributed by atoms with Gasteiger partial charge in [0, 0.05) is 17.5 Å². The van der Waals surface area contributed by atoms with Gasteiger partial charge in [0.05, 0.1) is 0 Å². The van der Waals surface area contributed by atoms with Gasteiger partial charge in [-0.1, -0.05) is 31.2 Å². The number of benzene rings is 2. The molecule has 0 N–H and O–H groups in total. The highest BCUT2D eigenvalue weighted by atomic mass is 19.1. The molecule has 0 aliphatic heterocycles. The SMILES string of the molecule is CCC(=O)c1ccc(-c2cc(F)ccc2F)cc1. The fourth-order valence-electron chi connectivity index (χ4n) is 1.76. The maximum Gasteiger partial charge on any atom is 0.162 e. The first kappa shape index (κ1) is 12.4. The normalized spacial score (nSPS) is 10.4. The van der Waals surface area contributed by atoms with E-state index < -0.39 is 11.6 Å². The highest BCUT2D eigenvalue weighted by molar-refractivity contribution is 5.96. The van der Waals surface area contributed by atoms with Crippen LogP contribution in [0.4, 0.5) is 8.78 Å². The lowest BCUT2D eigenvalue weighted by atomic mass is 10.0. The van der Waals surface area contributed by atoms with Crippen LogP contribution in [0.2, 0.25) is 0 Å². The Morgan fingerprint density at radius 2 is 1.72 bits per heavy atom. The van der Waals surface area contributed by atoms with Crippen LogP contribution in [0.15, 0.2) is 42.5 Å². The number of ketones is 1. The summed E-state index contributed by atoms with van der Waals surface area (Å²) in [6.07, 6.45) is 0.424. The third kappa shape index (κ3) is 2.45. The summed E-state index contributed by atoms with van der Waals surface area (Å²) in [5.41, 5.74) is 1.34. The minimum Gasteiger partial charge on any atom is -0.294 e. The molecule has 0 amide bonds. The zero-order chi connectivity index (χ0) is 13.1. The summed E-state index contributed by atoms with van der Waals surface area (Å²) in [5, 5.41) is 0. The molecule has 92 valence electrons. The van der Waals surface area contributed by atoms with E-state index in [1.54, 1.807) is 31.2 Å². The van der Waals surface area contributed by atoms with E-state index >= 15 is 0 Å². The Hall–Kier alpha value is -2.03. The minimum atomic E-state index is -0.486. The van der Waals surface area contributed by atoms with Crippen molar-refractivity contribution in [2.45, 2.75) is 13.3 Å². The van der Waals surface area contributed by atoms with Crippen LogP contribution < -0.4 is 0 Å². The van der Waals surface area contributed by atoms with E-state index in [1.165, 1.54) is 0 Å². The predicted octanol–water partition coefficient (Wildman–Crippen LogP) is 4.22. The molecule has 2 aromatic carbocycles. The number of carbonyl (C=O) groups excluding carboxylic acids is 1. The first-order chi connectivity index (χ1) is 8.61. The van der Waals surface area contributed by atoms with Gasteiger partial charge in [0.2, 0.25) is 0 Å². The van der Waals surface area contributed by atoms with Gasteiger partial charge in [0.15, 0.2) is 5.78 Å². The van der Waals surface area contributed by atoms with Gasteiger partial charge in [-0.25, -0.2) is 8.78 Å². The number of hydrogen-bond acceptors (Lipinski definition) is 1. The fraction of sp³-hybridized carbons (Fsp3) is 0.133. The highest BCUT2D eigenvalue weighted by Gasteiger charge is 2.08. The van der Waals surface area contributed by atoms with Crippen molar-refractivity contribution < 1.29 is 13.6 Å². The Bertz CT molecular complexity index is 574. The van der Waals surface area contributed by atoms with E-state index in [9.17, 15) is 13.6 Å². The number of Topliss-reactive ketones (excluding diaryl/α,β-unsaturated/α-hetero) is 1. The number of carbonyl (C=O) groups is 1. The first-order valence-electron chi connectivity index (χ1n) is 5.70. The largest absolute Gasteiger partial charge is 0.294 e. The van der Waals surface area contributed by atoms with E-state index in [0.717, 1.165) is 18.2 Å². The van der Waals surface area contributed by atoms with Gasteiger partial charge >= 0.3 is 0 Å². The Morgan fingerprint density at radius 3 is 2.33 bits per heavy atom. The molecule has 0 aliphatic rings. The van der Waals surface area contributed by atoms with Crippen molar-refractivity contribution >= 4 is 5.78 Å². The molecule has 3 heteroatoms. The summed E-state index contributed by atoms with van der Waals surface area (Å²) in [5.74, 6) is -0.938. The third-order valence-corrected chi connectivity index (χ3v) is 2.77. The van der Waals surface area contributed by atoms with Crippen molar-refractivity contribution in [3.8, 4) is 11.1 Å². The lowest BCUT2D eigenvalue weighted by Gasteiger charge is -2.05. The Balaban J connectivity index is 2.40. The lowest BCUT2D eigenvalue weighted by Crippen LogP contribution is -1.96. The average molecular weight is 246 g/mol. The van der Waals surface area contributed by atoms with E-state index in [0.29, 0.717) is 17.5 Å². The topological polar surface area (TPSA) is 17.1 Å². The number of rotatable bonds is 3. The van der Waals surface area contributed by atoms with Gasteiger partial charge < -0.3 is 0 Å². The standard InChI is InChI=1S/C15H12F2O/c1-2-15(18)11-5-3-10(4-6-11)13-9-12(16)7-8-14(13)17/h3-9H,2H2,1H3. The Kier molecular flexibility index (Phi) is 3.51. The molecule has 1 nitrogen and oxygen atoms in total. The zero-order valence-electron chi connectivity index (χ0n) is 9.91. The van der Waals surface area contributed by atoms with Crippen LogP contribution in [0, 0.1) is 11.6 Å². The van der Waals surface area contributed by atoms with Crippen LogP contribution in [0.5, 0.6) is 0 Å². The molecule has 2 rings (SSSR count). The van der Waals surface area contributed by atoms with Gasteiger partial charge in [0.25, 0.3) is 0 Å². The summed E-state index contributed by atoms with van der Waals surface area (Å²) >= 11 is 0. The summed E-state index contributed by atoms with van der Waals surface area (Å²) in [4.78, 5) is 11.4. The number of halogens is 2. The summed E-state index contributed by atoms with van der Waals surface area (Å²) in [7, 11) is 0. The van der Waals surface area contributed by atoms with Crippen LogP contribution in [0.3, 0.4) is 0 Å². The average Bonchev–Trinajstić information content (AvgIpc) is 2.41. The first-order valence-corrected chi connectivity index (χ1v) is 5.70. The van der Waals surface area contributed by atoms with E-state index in [-0.39, 0.29) is 11.3 Å². The van der Waals surface area contributed by atoms with Crippen LogP contribution in [0.1, 0.15) is 23.7 Å². The Morgan fingerprint density at radius 1 is 1.06 bits per heavy atom. The predicted molar refractivity (Wildman–Crippen MR) is 66.4 cm³/mol. The molecule has 0 saturated heterocycles. The van der Waals surface area contributed by atoms with Gasteiger partial charge in [-0.15, -0.1) is 0 Å². The van der Waals surface area contributed by atoms with Crippen molar-refractivity contribution in [2.24, 2.45) is 0 Å². The fourth-order valence-corrected chi connectivity index (χ4v) is 1.76. The molecule has 0 radical (unpaired) electrons. The zero-order valence-corrected chi connectivity index (χ0v) is 9.91. The van der Waals surface area contributed by atoms with E-state index in [2.05, 4.69) is 0 Å². The molecular formula is C15H12F2O. The van der Waals surface area contributed by atoms with Crippen molar-refractivity contribution in [3.63, 3.8) is 0 Å². The summed E-state index contributed by atoms with van der Waals surface area (Å²) in [6, 6.07) is 9.83. The van der Waals surface area contributed by atoms with Gasteiger partial charge in [-0.05, 0) is 23.8 Å². The van der Waals surface area contributed by atoms with Crippen LogP contribution >= 0.6 is 0 Å². The van der Waals surface area contributed by atoms with E-state index in [4.69, 9.17) is 0 Å². The molecule has 0 saturated carbocycles. The molecule has 0 heterocycles. The quantitative estimate of drug-likeness (QED) is 0.741. The van der Waals surface area contributed by atoms with Crippen LogP contribution in [-0.2, 0) is 0 Å².